The van der Waals surface area contributed by atoms with Crippen molar-refractivity contribution in [1.82, 2.24) is 0 Å². The second kappa shape index (κ2) is 8.04. The minimum absolute atomic E-state index is 0.243. The molecule has 3 heteroatoms. The number of benzene rings is 2. The van der Waals surface area contributed by atoms with Crippen LogP contribution in [0.2, 0.25) is 0 Å². The molecule has 0 amide bonds. The van der Waals surface area contributed by atoms with Crippen molar-refractivity contribution in [2.24, 2.45) is 0 Å². The van der Waals surface area contributed by atoms with Gasteiger partial charge in [-0.3, -0.25) is 0 Å². The zero-order chi connectivity index (χ0) is 14.4. The first kappa shape index (κ1) is 15.8. The quantitative estimate of drug-likeness (QED) is 0.447. The predicted octanol–water partition coefficient (Wildman–Crippen LogP) is 4.97. The SMILES string of the molecule is CC(C)c1cccc([CH]=[Ru][I])c1OCc1ccccc1. The molecule has 0 radical (unpaired) electrons. The van der Waals surface area contributed by atoms with E-state index in [-0.39, 0.29) is 13.2 Å². The summed E-state index contributed by atoms with van der Waals surface area (Å²) in [6.07, 6.45) is 0. The Labute approximate surface area is 139 Å². The fraction of sp³-hybridized carbons (Fsp3) is 0.235. The molecule has 0 heterocycles. The van der Waals surface area contributed by atoms with E-state index < -0.39 is 0 Å². The molecule has 0 unspecified atom stereocenters. The summed E-state index contributed by atoms with van der Waals surface area (Å²) in [6.45, 7) is 5.06. The molecule has 0 fully saturated rings. The van der Waals surface area contributed by atoms with Gasteiger partial charge in [-0.15, -0.1) is 0 Å². The Morgan fingerprint density at radius 3 is 2.50 bits per heavy atom. The maximum absolute atomic E-state index is 6.15. The molecule has 0 spiro atoms. The maximum atomic E-state index is 6.15. The molecule has 0 atom stereocenters. The Morgan fingerprint density at radius 2 is 1.85 bits per heavy atom. The van der Waals surface area contributed by atoms with E-state index in [0.717, 1.165) is 5.75 Å². The summed E-state index contributed by atoms with van der Waals surface area (Å²) in [6, 6.07) is 16.8. The number of para-hydroxylation sites is 1. The molecule has 2 rings (SSSR count). The molecule has 0 aliphatic rings. The molecule has 0 aliphatic carbocycles. The summed E-state index contributed by atoms with van der Waals surface area (Å²) in [5, 5.41) is 0. The van der Waals surface area contributed by atoms with Gasteiger partial charge in [-0.2, -0.15) is 0 Å². The Balaban J connectivity index is 2.28. The molecule has 0 aliphatic heterocycles. The second-order valence-corrected chi connectivity index (χ2v) is 8.36. The van der Waals surface area contributed by atoms with Crippen molar-refractivity contribution in [3.8, 4) is 5.75 Å². The van der Waals surface area contributed by atoms with Crippen molar-refractivity contribution in [3.63, 3.8) is 0 Å². The monoisotopic (exact) mass is 467 g/mol. The molecule has 107 valence electrons. The van der Waals surface area contributed by atoms with Gasteiger partial charge in [0, 0.05) is 0 Å². The molecule has 1 nitrogen and oxygen atoms in total. The number of hydrogen-bond donors (Lipinski definition) is 0. The van der Waals surface area contributed by atoms with Gasteiger partial charge in [0.1, 0.15) is 0 Å². The fourth-order valence-electron chi connectivity index (χ4n) is 2.05. The second-order valence-electron chi connectivity index (χ2n) is 4.87. The van der Waals surface area contributed by atoms with E-state index in [1.54, 1.807) is 0 Å². The van der Waals surface area contributed by atoms with Crippen LogP contribution in [0, 0.1) is 0 Å². The number of rotatable bonds is 5. The van der Waals surface area contributed by atoms with Crippen LogP contribution in [0.3, 0.4) is 0 Å². The Morgan fingerprint density at radius 1 is 1.10 bits per heavy atom. The van der Waals surface area contributed by atoms with Gasteiger partial charge in [0.15, 0.2) is 0 Å². The van der Waals surface area contributed by atoms with E-state index >= 15 is 0 Å². The van der Waals surface area contributed by atoms with Gasteiger partial charge in [0.2, 0.25) is 0 Å². The van der Waals surface area contributed by atoms with Crippen LogP contribution in [0.25, 0.3) is 0 Å². The van der Waals surface area contributed by atoms with E-state index in [1.165, 1.54) is 16.7 Å². The normalized spacial score (nSPS) is 11.6. The van der Waals surface area contributed by atoms with Gasteiger partial charge in [-0.05, 0) is 0 Å². The third kappa shape index (κ3) is 4.23. The molecule has 0 N–H and O–H groups in total. The molecular formula is C17H18IORu. The topological polar surface area (TPSA) is 9.23 Å². The summed E-state index contributed by atoms with van der Waals surface area (Å²) >= 11 is 2.70. The third-order valence-electron chi connectivity index (χ3n) is 3.07. The van der Waals surface area contributed by atoms with Crippen LogP contribution in [-0.2, 0) is 19.8 Å². The summed E-state index contributed by atoms with van der Waals surface area (Å²) in [7, 11) is 0. The third-order valence-corrected chi connectivity index (χ3v) is 5.11. The molecule has 0 aromatic heterocycles. The zero-order valence-electron chi connectivity index (χ0n) is 11.6. The van der Waals surface area contributed by atoms with Gasteiger partial charge in [-0.25, -0.2) is 0 Å². The fourth-order valence-corrected chi connectivity index (χ4v) is 4.05. The molecule has 20 heavy (non-hydrogen) atoms. The summed E-state index contributed by atoms with van der Waals surface area (Å²) in [4.78, 5) is 0. The molecule has 0 saturated heterocycles. The van der Waals surface area contributed by atoms with Gasteiger partial charge in [-0.1, -0.05) is 0 Å². The Bertz CT molecular complexity index is 579. The Hall–Kier alpha value is -0.537. The first-order valence-electron chi connectivity index (χ1n) is 6.57. The van der Waals surface area contributed by atoms with E-state index in [4.69, 9.17) is 4.74 Å². The van der Waals surface area contributed by atoms with Crippen molar-refractivity contribution in [3.05, 3.63) is 65.2 Å². The predicted molar refractivity (Wildman–Crippen MR) is 90.5 cm³/mol. The average Bonchev–Trinajstić information content (AvgIpc) is 2.47. The summed E-state index contributed by atoms with van der Waals surface area (Å²) < 4.78 is 8.45. The Kier molecular flexibility index (Phi) is 6.37. The van der Waals surface area contributed by atoms with Crippen LogP contribution in [0.15, 0.2) is 48.5 Å². The van der Waals surface area contributed by atoms with Crippen LogP contribution in [-0.4, -0.2) is 4.61 Å². The summed E-state index contributed by atoms with van der Waals surface area (Å²) in [5.74, 6) is 1.52. The van der Waals surface area contributed by atoms with Crippen molar-refractivity contribution in [2.75, 3.05) is 0 Å². The van der Waals surface area contributed by atoms with Gasteiger partial charge >= 0.3 is 140 Å². The van der Waals surface area contributed by atoms with E-state index in [1.807, 2.05) is 6.07 Å². The zero-order valence-corrected chi connectivity index (χ0v) is 15.5. The first-order valence-corrected chi connectivity index (χ1v) is 12.7. The first-order chi connectivity index (χ1) is 9.72. The van der Waals surface area contributed by atoms with E-state index in [9.17, 15) is 0 Å². The minimum atomic E-state index is 0.243. The molecule has 2 aromatic rings. The van der Waals surface area contributed by atoms with Crippen LogP contribution in [0.1, 0.15) is 36.5 Å². The number of ether oxygens (including phenoxy) is 1. The number of hydrogen-bond acceptors (Lipinski definition) is 1. The van der Waals surface area contributed by atoms with E-state index in [0.29, 0.717) is 12.5 Å². The van der Waals surface area contributed by atoms with Crippen LogP contribution in [0.5, 0.6) is 5.75 Å². The average molecular weight is 466 g/mol. The molecule has 2 aromatic carbocycles. The van der Waals surface area contributed by atoms with E-state index in [2.05, 4.69) is 80.7 Å². The van der Waals surface area contributed by atoms with Crippen molar-refractivity contribution in [2.45, 2.75) is 26.4 Å². The summed E-state index contributed by atoms with van der Waals surface area (Å²) in [5.41, 5.74) is 3.74. The van der Waals surface area contributed by atoms with Crippen molar-refractivity contribution < 1.29 is 17.9 Å². The standard InChI is InChI=1S/C17H18O.HI.Ru/c1-13(2)16-11-7-8-14(3)17(16)18-12-15-9-5-4-6-10-15;;/h3-11,13H,12H2,1-2H3;1H;/q;;+1/p-1. The van der Waals surface area contributed by atoms with Crippen LogP contribution >= 0.6 is 19.8 Å². The van der Waals surface area contributed by atoms with Crippen molar-refractivity contribution >= 4 is 24.4 Å². The molecular weight excluding hydrogens is 448 g/mol. The van der Waals surface area contributed by atoms with Gasteiger partial charge in [0.05, 0.1) is 0 Å². The molecule has 0 saturated carbocycles. The van der Waals surface area contributed by atoms with Gasteiger partial charge in [0.25, 0.3) is 0 Å². The number of halogens is 1. The van der Waals surface area contributed by atoms with Crippen molar-refractivity contribution in [1.29, 1.82) is 0 Å². The van der Waals surface area contributed by atoms with Gasteiger partial charge < -0.3 is 0 Å². The molecule has 0 bridgehead atoms. The van der Waals surface area contributed by atoms with Crippen LogP contribution < -0.4 is 4.74 Å². The van der Waals surface area contributed by atoms with Crippen LogP contribution in [0.4, 0.5) is 0 Å².